The number of rotatable bonds is 2. The topological polar surface area (TPSA) is 68.5 Å². The van der Waals surface area contributed by atoms with E-state index in [9.17, 15) is 4.79 Å². The van der Waals surface area contributed by atoms with Crippen molar-refractivity contribution >= 4 is 22.9 Å². The molecule has 4 heterocycles. The van der Waals surface area contributed by atoms with Gasteiger partial charge in [-0.1, -0.05) is 0 Å². The van der Waals surface area contributed by atoms with Gasteiger partial charge in [0.1, 0.15) is 18.0 Å². The molecular weight excluding hydrogens is 326 g/mol. The number of aryl methyl sites for hydroxylation is 2. The van der Waals surface area contributed by atoms with Crippen LogP contribution in [0.3, 0.4) is 0 Å². The first-order valence-corrected chi connectivity index (χ1v) is 8.38. The number of carbonyl (C=O) groups excluding carboxylic acids is 1. The third kappa shape index (κ3) is 2.46. The number of hydrogen-bond donors (Lipinski definition) is 0. The van der Waals surface area contributed by atoms with Crippen LogP contribution in [0.4, 0.5) is 5.69 Å². The fourth-order valence-corrected chi connectivity index (χ4v) is 3.51. The van der Waals surface area contributed by atoms with Crippen LogP contribution < -0.4 is 9.64 Å². The number of carbonyl (C=O) groups is 1. The van der Waals surface area contributed by atoms with Gasteiger partial charge in [-0.05, 0) is 37.6 Å². The van der Waals surface area contributed by atoms with Crippen LogP contribution in [0.25, 0.3) is 10.8 Å². The molecule has 0 saturated carbocycles. The highest BCUT2D eigenvalue weighted by Crippen LogP contribution is 2.33. The summed E-state index contributed by atoms with van der Waals surface area (Å²) < 4.78 is 10.9. The summed E-state index contributed by atoms with van der Waals surface area (Å²) in [5, 5.41) is 0.705. The summed E-state index contributed by atoms with van der Waals surface area (Å²) in [7, 11) is 0. The third-order valence-electron chi connectivity index (χ3n) is 3.79. The number of fused-ring (bicyclic) bond motifs is 1. The molecule has 4 rings (SSSR count). The van der Waals surface area contributed by atoms with Gasteiger partial charge in [-0.2, -0.15) is 0 Å². The van der Waals surface area contributed by atoms with Crippen LogP contribution in [0, 0.1) is 13.8 Å². The Kier molecular flexibility index (Phi) is 3.57. The Morgan fingerprint density at radius 1 is 1.38 bits per heavy atom. The zero-order chi connectivity index (χ0) is 16.7. The van der Waals surface area contributed by atoms with Crippen molar-refractivity contribution in [2.45, 2.75) is 13.8 Å². The lowest BCUT2D eigenvalue weighted by Crippen LogP contribution is -2.38. The number of anilines is 1. The molecule has 1 aliphatic rings. The Hall–Kier alpha value is -2.67. The fourth-order valence-electron chi connectivity index (χ4n) is 2.64. The number of furan rings is 1. The fraction of sp³-hybridized carbons (Fsp3) is 0.235. The monoisotopic (exact) mass is 341 g/mol. The van der Waals surface area contributed by atoms with E-state index < -0.39 is 0 Å². The number of aromatic nitrogens is 2. The second-order valence-electron chi connectivity index (χ2n) is 5.54. The van der Waals surface area contributed by atoms with Crippen LogP contribution in [0.5, 0.6) is 5.88 Å². The highest BCUT2D eigenvalue weighted by Gasteiger charge is 2.29. The van der Waals surface area contributed by atoms with E-state index in [1.165, 1.54) is 11.3 Å². The first-order valence-electron chi connectivity index (χ1n) is 7.56. The van der Waals surface area contributed by atoms with E-state index in [2.05, 4.69) is 9.97 Å². The molecule has 3 aromatic rings. The zero-order valence-corrected chi connectivity index (χ0v) is 14.1. The number of pyridine rings is 1. The van der Waals surface area contributed by atoms with Crippen LogP contribution in [-0.4, -0.2) is 29.0 Å². The molecule has 0 radical (unpaired) electrons. The Morgan fingerprint density at radius 2 is 2.25 bits per heavy atom. The standard InChI is InChI=1S/C17H15N3O3S/c1-10-8-12-15(18-9-10)23-7-5-20(12)17(21)14-11(2)24-16(19-14)13-4-3-6-22-13/h3-4,6,8-9H,5,7H2,1-2H3. The predicted octanol–water partition coefficient (Wildman–Crippen LogP) is 3.45. The summed E-state index contributed by atoms with van der Waals surface area (Å²) in [6, 6.07) is 5.55. The number of thiazole rings is 1. The van der Waals surface area contributed by atoms with Gasteiger partial charge < -0.3 is 9.15 Å². The molecule has 0 N–H and O–H groups in total. The average Bonchev–Trinajstić information content (AvgIpc) is 3.23. The van der Waals surface area contributed by atoms with Crippen LogP contribution >= 0.6 is 11.3 Å². The van der Waals surface area contributed by atoms with E-state index in [4.69, 9.17) is 9.15 Å². The summed E-state index contributed by atoms with van der Waals surface area (Å²) in [4.78, 5) is 24.3. The van der Waals surface area contributed by atoms with Crippen molar-refractivity contribution < 1.29 is 13.9 Å². The molecule has 0 bridgehead atoms. The average molecular weight is 341 g/mol. The molecule has 1 amide bonds. The van der Waals surface area contributed by atoms with Gasteiger partial charge >= 0.3 is 0 Å². The second kappa shape index (κ2) is 5.76. The number of nitrogens with zero attached hydrogens (tertiary/aromatic N) is 3. The highest BCUT2D eigenvalue weighted by molar-refractivity contribution is 7.15. The van der Waals surface area contributed by atoms with Crippen LogP contribution in [0.15, 0.2) is 35.1 Å². The summed E-state index contributed by atoms with van der Waals surface area (Å²) >= 11 is 1.45. The molecular formula is C17H15N3O3S. The molecule has 24 heavy (non-hydrogen) atoms. The molecule has 0 saturated heterocycles. The molecule has 6 nitrogen and oxygen atoms in total. The summed E-state index contributed by atoms with van der Waals surface area (Å²) in [5.41, 5.74) is 2.11. The first kappa shape index (κ1) is 14.9. The van der Waals surface area contributed by atoms with Crippen molar-refractivity contribution in [2.75, 3.05) is 18.1 Å². The van der Waals surface area contributed by atoms with E-state index in [0.29, 0.717) is 41.2 Å². The van der Waals surface area contributed by atoms with E-state index in [0.717, 1.165) is 10.4 Å². The van der Waals surface area contributed by atoms with Gasteiger partial charge in [0.2, 0.25) is 5.88 Å². The van der Waals surface area contributed by atoms with Gasteiger partial charge in [0.05, 0.1) is 12.8 Å². The lowest BCUT2D eigenvalue weighted by atomic mass is 10.2. The van der Waals surface area contributed by atoms with Gasteiger partial charge in [0.25, 0.3) is 5.91 Å². The lowest BCUT2D eigenvalue weighted by Gasteiger charge is -2.28. The maximum absolute atomic E-state index is 13.0. The molecule has 0 unspecified atom stereocenters. The van der Waals surface area contributed by atoms with Crippen molar-refractivity contribution in [3.63, 3.8) is 0 Å². The maximum atomic E-state index is 13.0. The van der Waals surface area contributed by atoms with Crippen LogP contribution in [-0.2, 0) is 0 Å². The summed E-state index contributed by atoms with van der Waals surface area (Å²) in [6.07, 6.45) is 3.33. The Morgan fingerprint density at radius 3 is 3.04 bits per heavy atom. The maximum Gasteiger partial charge on any atom is 0.278 e. The Bertz CT molecular complexity index is 902. The number of hydrogen-bond acceptors (Lipinski definition) is 6. The molecule has 0 aromatic carbocycles. The number of amides is 1. The quantitative estimate of drug-likeness (QED) is 0.714. The minimum atomic E-state index is -0.140. The van der Waals surface area contributed by atoms with Crippen LogP contribution in [0.2, 0.25) is 0 Å². The molecule has 0 fully saturated rings. The Balaban J connectivity index is 1.72. The van der Waals surface area contributed by atoms with Gasteiger partial charge in [-0.15, -0.1) is 11.3 Å². The highest BCUT2D eigenvalue weighted by atomic mass is 32.1. The zero-order valence-electron chi connectivity index (χ0n) is 13.3. The molecule has 1 aliphatic heterocycles. The van der Waals surface area contributed by atoms with Crippen molar-refractivity contribution in [3.05, 3.63) is 46.8 Å². The Labute approximate surface area is 142 Å². The molecule has 7 heteroatoms. The summed E-state index contributed by atoms with van der Waals surface area (Å²) in [6.45, 7) is 4.73. The molecule has 0 atom stereocenters. The van der Waals surface area contributed by atoms with E-state index in [1.807, 2.05) is 26.0 Å². The van der Waals surface area contributed by atoms with Crippen molar-refractivity contribution in [1.29, 1.82) is 0 Å². The van der Waals surface area contributed by atoms with Gasteiger partial charge in [0.15, 0.2) is 10.8 Å². The van der Waals surface area contributed by atoms with Gasteiger partial charge in [-0.25, -0.2) is 9.97 Å². The molecule has 122 valence electrons. The normalized spacial score (nSPS) is 13.5. The third-order valence-corrected chi connectivity index (χ3v) is 4.78. The molecule has 3 aromatic heterocycles. The van der Waals surface area contributed by atoms with E-state index in [1.54, 1.807) is 23.4 Å². The summed E-state index contributed by atoms with van der Waals surface area (Å²) in [5.74, 6) is 1.01. The van der Waals surface area contributed by atoms with Crippen molar-refractivity contribution in [2.24, 2.45) is 0 Å². The van der Waals surface area contributed by atoms with E-state index in [-0.39, 0.29) is 5.91 Å². The second-order valence-corrected chi connectivity index (χ2v) is 6.75. The largest absolute Gasteiger partial charge is 0.474 e. The van der Waals surface area contributed by atoms with Crippen molar-refractivity contribution in [3.8, 4) is 16.6 Å². The van der Waals surface area contributed by atoms with Gasteiger partial charge in [-0.3, -0.25) is 9.69 Å². The predicted molar refractivity (Wildman–Crippen MR) is 90.7 cm³/mol. The van der Waals surface area contributed by atoms with E-state index >= 15 is 0 Å². The first-order chi connectivity index (χ1) is 11.6. The van der Waals surface area contributed by atoms with Gasteiger partial charge in [0, 0.05) is 11.1 Å². The lowest BCUT2D eigenvalue weighted by molar-refractivity contribution is 0.0971. The minimum absolute atomic E-state index is 0.140. The minimum Gasteiger partial charge on any atom is -0.474 e. The number of ether oxygens (including phenoxy) is 1. The molecule has 0 aliphatic carbocycles. The smallest absolute Gasteiger partial charge is 0.278 e. The van der Waals surface area contributed by atoms with Crippen LogP contribution in [0.1, 0.15) is 20.9 Å². The van der Waals surface area contributed by atoms with Crippen molar-refractivity contribution in [1.82, 2.24) is 9.97 Å². The SMILES string of the molecule is Cc1cnc2c(c1)N(C(=O)c1nc(-c3ccco3)sc1C)CCO2. The molecule has 0 spiro atoms.